The first-order chi connectivity index (χ1) is 9.50. The third-order valence-electron chi connectivity index (χ3n) is 3.52. The molecule has 0 aliphatic rings. The summed E-state index contributed by atoms with van der Waals surface area (Å²) < 4.78 is 0. The lowest BCUT2D eigenvalue weighted by Crippen LogP contribution is -2.18. The van der Waals surface area contributed by atoms with Crippen molar-refractivity contribution >= 4 is 0 Å². The molecular weight excluding hydrogens is 260 g/mol. The molecule has 1 rings (SSSR count). The third-order valence-corrected chi connectivity index (χ3v) is 3.52. The predicted molar refractivity (Wildman–Crippen MR) is 85.2 cm³/mol. The van der Waals surface area contributed by atoms with Crippen LogP contribution in [0.2, 0.25) is 0 Å². The maximum Gasteiger partial charge on any atom is 0.311 e. The van der Waals surface area contributed by atoms with Crippen molar-refractivity contribution in [2.75, 3.05) is 0 Å². The molecule has 0 fully saturated rings. The fourth-order valence-electron chi connectivity index (χ4n) is 2.30. The third kappa shape index (κ3) is 3.99. The molecular formula is C18H24N2O. The van der Waals surface area contributed by atoms with E-state index in [1.807, 2.05) is 18.2 Å². The van der Waals surface area contributed by atoms with Gasteiger partial charge in [-0.25, -0.2) is 6.57 Å². The van der Waals surface area contributed by atoms with Gasteiger partial charge in [-0.15, -0.1) is 0 Å². The van der Waals surface area contributed by atoms with E-state index in [0.29, 0.717) is 12.2 Å². The van der Waals surface area contributed by atoms with Gasteiger partial charge in [-0.2, -0.15) is 5.26 Å². The largest absolute Gasteiger partial charge is 0.507 e. The average molecular weight is 284 g/mol. The van der Waals surface area contributed by atoms with E-state index >= 15 is 0 Å². The number of hydrogen-bond donors (Lipinski definition) is 1. The van der Waals surface area contributed by atoms with Crippen LogP contribution in [0.1, 0.15) is 58.2 Å². The second-order valence-electron chi connectivity index (χ2n) is 7.52. The molecule has 0 aromatic heterocycles. The molecule has 1 unspecified atom stereocenters. The molecule has 0 saturated carbocycles. The van der Waals surface area contributed by atoms with E-state index in [1.165, 1.54) is 0 Å². The zero-order valence-electron chi connectivity index (χ0n) is 13.8. The van der Waals surface area contributed by atoms with E-state index in [4.69, 9.17) is 11.8 Å². The van der Waals surface area contributed by atoms with Gasteiger partial charge in [0, 0.05) is 0 Å². The summed E-state index contributed by atoms with van der Waals surface area (Å²) in [5.74, 6) is 0.329. The highest BCUT2D eigenvalue weighted by atomic mass is 16.3. The molecule has 1 N–H and O–H groups in total. The summed E-state index contributed by atoms with van der Waals surface area (Å²) in [6.07, 6.45) is 0.395. The van der Waals surface area contributed by atoms with Crippen molar-refractivity contribution in [3.63, 3.8) is 0 Å². The Morgan fingerprint density at radius 3 is 1.86 bits per heavy atom. The summed E-state index contributed by atoms with van der Waals surface area (Å²) in [5.41, 5.74) is 2.28. The van der Waals surface area contributed by atoms with Gasteiger partial charge < -0.3 is 5.11 Å². The van der Waals surface area contributed by atoms with E-state index in [2.05, 4.69) is 46.4 Å². The Morgan fingerprint density at radius 2 is 1.57 bits per heavy atom. The Hall–Kier alpha value is -2.00. The smallest absolute Gasteiger partial charge is 0.311 e. The van der Waals surface area contributed by atoms with E-state index in [0.717, 1.165) is 16.7 Å². The van der Waals surface area contributed by atoms with Gasteiger partial charge in [-0.3, -0.25) is 4.85 Å². The van der Waals surface area contributed by atoms with Crippen LogP contribution in [0, 0.1) is 17.9 Å². The van der Waals surface area contributed by atoms with Gasteiger partial charge in [-0.05, 0) is 27.5 Å². The fraction of sp³-hybridized carbons (Fsp3) is 0.556. The van der Waals surface area contributed by atoms with Crippen LogP contribution >= 0.6 is 0 Å². The highest BCUT2D eigenvalue weighted by Crippen LogP contribution is 2.40. The van der Waals surface area contributed by atoms with Gasteiger partial charge in [0.2, 0.25) is 0 Å². The zero-order chi connectivity index (χ0) is 16.4. The molecule has 0 spiro atoms. The molecule has 3 heteroatoms. The van der Waals surface area contributed by atoms with Crippen molar-refractivity contribution in [1.29, 1.82) is 5.26 Å². The van der Waals surface area contributed by atoms with Gasteiger partial charge in [0.25, 0.3) is 0 Å². The van der Waals surface area contributed by atoms with Crippen LogP contribution in [0.3, 0.4) is 0 Å². The Kier molecular flexibility index (Phi) is 4.69. The summed E-state index contributed by atoms with van der Waals surface area (Å²) in [5, 5.41) is 19.6. The van der Waals surface area contributed by atoms with E-state index < -0.39 is 6.04 Å². The molecule has 21 heavy (non-hydrogen) atoms. The van der Waals surface area contributed by atoms with Crippen molar-refractivity contribution in [1.82, 2.24) is 0 Å². The van der Waals surface area contributed by atoms with Crippen molar-refractivity contribution < 1.29 is 5.11 Å². The standard InChI is InChI=1S/C18H24N2O/c1-17(2,3)14-9-12(8-13(11-19)20-7)10-15(16(14)21)18(4,5)6/h9-10,13,21H,8H2,1-6H3. The SMILES string of the molecule is [C-]#[N+]C(C#N)Cc1cc(C(C)(C)C)c(O)c(C(C)(C)C)c1. The lowest BCUT2D eigenvalue weighted by atomic mass is 9.78. The van der Waals surface area contributed by atoms with Crippen LogP contribution in [0.5, 0.6) is 5.75 Å². The first-order valence-electron chi connectivity index (χ1n) is 7.13. The maximum atomic E-state index is 10.6. The van der Waals surface area contributed by atoms with Crippen LogP contribution < -0.4 is 0 Å². The van der Waals surface area contributed by atoms with Gasteiger partial charge in [0.15, 0.2) is 6.07 Å². The van der Waals surface area contributed by atoms with Gasteiger partial charge in [0.05, 0.1) is 6.42 Å². The van der Waals surface area contributed by atoms with E-state index in [9.17, 15) is 5.11 Å². The first kappa shape index (κ1) is 17.1. The fourth-order valence-corrected chi connectivity index (χ4v) is 2.30. The van der Waals surface area contributed by atoms with Crippen LogP contribution in [0.4, 0.5) is 0 Å². The topological polar surface area (TPSA) is 48.4 Å². The number of hydrogen-bond acceptors (Lipinski definition) is 2. The summed E-state index contributed by atoms with van der Waals surface area (Å²) in [6, 6.07) is 5.20. The van der Waals surface area contributed by atoms with Crippen LogP contribution in [-0.4, -0.2) is 11.1 Å². The molecule has 1 aromatic rings. The number of nitriles is 1. The summed E-state index contributed by atoms with van der Waals surface area (Å²) in [7, 11) is 0. The van der Waals surface area contributed by atoms with Crippen LogP contribution in [0.15, 0.2) is 12.1 Å². The molecule has 3 nitrogen and oxygen atoms in total. The molecule has 0 saturated heterocycles. The van der Waals surface area contributed by atoms with Crippen LogP contribution in [0.25, 0.3) is 4.85 Å². The average Bonchev–Trinajstić information content (AvgIpc) is 2.34. The highest BCUT2D eigenvalue weighted by Gasteiger charge is 2.27. The van der Waals surface area contributed by atoms with Gasteiger partial charge in [0.1, 0.15) is 5.75 Å². The highest BCUT2D eigenvalue weighted by molar-refractivity contribution is 5.50. The van der Waals surface area contributed by atoms with E-state index in [1.54, 1.807) is 0 Å². The normalized spacial score (nSPS) is 13.3. The molecule has 1 aromatic carbocycles. The Bertz CT molecular complexity index is 555. The molecule has 0 radical (unpaired) electrons. The molecule has 112 valence electrons. The molecule has 1 atom stereocenters. The summed E-state index contributed by atoms with van der Waals surface area (Å²) >= 11 is 0. The minimum absolute atomic E-state index is 0.194. The lowest BCUT2D eigenvalue weighted by molar-refractivity contribution is 0.422. The number of benzene rings is 1. The molecule has 0 bridgehead atoms. The Morgan fingerprint density at radius 1 is 1.14 bits per heavy atom. The van der Waals surface area contributed by atoms with E-state index in [-0.39, 0.29) is 10.8 Å². The van der Waals surface area contributed by atoms with Gasteiger partial charge >= 0.3 is 6.04 Å². The Balaban J connectivity index is 3.49. The minimum atomic E-state index is -0.671. The molecule has 0 aliphatic carbocycles. The number of phenols is 1. The molecule has 0 heterocycles. The number of aromatic hydroxyl groups is 1. The predicted octanol–water partition coefficient (Wildman–Crippen LogP) is 4.34. The van der Waals surface area contributed by atoms with Crippen molar-refractivity contribution in [2.45, 2.75) is 64.8 Å². The first-order valence-corrected chi connectivity index (χ1v) is 7.13. The molecule has 0 amide bonds. The van der Waals surface area contributed by atoms with Crippen molar-refractivity contribution in [3.05, 3.63) is 40.2 Å². The monoisotopic (exact) mass is 284 g/mol. The zero-order valence-corrected chi connectivity index (χ0v) is 13.8. The van der Waals surface area contributed by atoms with Crippen LogP contribution in [-0.2, 0) is 17.3 Å². The van der Waals surface area contributed by atoms with Gasteiger partial charge in [-0.1, -0.05) is 53.7 Å². The summed E-state index contributed by atoms with van der Waals surface area (Å²) in [4.78, 5) is 3.33. The number of nitrogens with zero attached hydrogens (tertiary/aromatic N) is 2. The number of rotatable bonds is 2. The minimum Gasteiger partial charge on any atom is -0.507 e. The Labute approximate surface area is 128 Å². The molecule has 0 aliphatic heterocycles. The summed E-state index contributed by atoms with van der Waals surface area (Å²) in [6.45, 7) is 19.4. The lowest BCUT2D eigenvalue weighted by Gasteiger charge is -2.28. The second-order valence-corrected chi connectivity index (χ2v) is 7.52. The van der Waals surface area contributed by atoms with Crippen molar-refractivity contribution in [3.8, 4) is 11.8 Å². The van der Waals surface area contributed by atoms with Crippen molar-refractivity contribution in [2.24, 2.45) is 0 Å². The quantitative estimate of drug-likeness (QED) is 0.821. The second kappa shape index (κ2) is 5.78. The maximum absolute atomic E-state index is 10.6. The number of phenolic OH excluding ortho intramolecular Hbond substituents is 1.